The minimum Gasteiger partial charge on any atom is -0.462 e. The highest BCUT2D eigenvalue weighted by molar-refractivity contribution is 5.90. The lowest BCUT2D eigenvalue weighted by molar-refractivity contribution is 0.0526. The summed E-state index contributed by atoms with van der Waals surface area (Å²) >= 11 is 0. The molecule has 5 nitrogen and oxygen atoms in total. The van der Waals surface area contributed by atoms with Crippen molar-refractivity contribution in [3.63, 3.8) is 0 Å². The standard InChI is InChI=1S/C9H9N3O2.CH4/c1-2-14-9(13)7-4-3-5-8(6-7)11-12-10;/h3-6H,2H2,1H3;1H4. The molecule has 0 aliphatic carbocycles. The van der Waals surface area contributed by atoms with Crippen molar-refractivity contribution in [3.8, 4) is 0 Å². The third kappa shape index (κ3) is 3.70. The fourth-order valence-electron chi connectivity index (χ4n) is 0.961. The average Bonchev–Trinajstić information content (AvgIpc) is 2.19. The van der Waals surface area contributed by atoms with Crippen LogP contribution < -0.4 is 0 Å². The van der Waals surface area contributed by atoms with Gasteiger partial charge in [0.05, 0.1) is 12.2 Å². The van der Waals surface area contributed by atoms with Gasteiger partial charge in [0.2, 0.25) is 0 Å². The molecule has 0 heterocycles. The first-order valence-corrected chi connectivity index (χ1v) is 4.10. The first-order chi connectivity index (χ1) is 6.77. The van der Waals surface area contributed by atoms with Crippen LogP contribution in [0.3, 0.4) is 0 Å². The SMILES string of the molecule is C.CCOC(=O)c1cccc(N=[N+]=[N-])c1. The summed E-state index contributed by atoms with van der Waals surface area (Å²) in [6, 6.07) is 6.34. The number of carbonyl (C=O) groups excluding carboxylic acids is 1. The number of hydrogen-bond donors (Lipinski definition) is 0. The molecule has 0 amide bonds. The van der Waals surface area contributed by atoms with Gasteiger partial charge in [-0.15, -0.1) is 0 Å². The Hall–Kier alpha value is -2.00. The number of hydrogen-bond acceptors (Lipinski definition) is 3. The molecule has 0 saturated carbocycles. The summed E-state index contributed by atoms with van der Waals surface area (Å²) in [4.78, 5) is 13.9. The maximum Gasteiger partial charge on any atom is 0.338 e. The van der Waals surface area contributed by atoms with E-state index in [1.165, 1.54) is 6.07 Å². The summed E-state index contributed by atoms with van der Waals surface area (Å²) in [5.74, 6) is -0.414. The van der Waals surface area contributed by atoms with Crippen molar-refractivity contribution >= 4 is 11.7 Å². The molecule has 0 radical (unpaired) electrons. The molecule has 1 rings (SSSR count). The minimum absolute atomic E-state index is 0. The van der Waals surface area contributed by atoms with Crippen LogP contribution in [0.1, 0.15) is 24.7 Å². The van der Waals surface area contributed by atoms with E-state index < -0.39 is 5.97 Å². The van der Waals surface area contributed by atoms with Gasteiger partial charge in [0.15, 0.2) is 0 Å². The molecule has 0 N–H and O–H groups in total. The van der Waals surface area contributed by atoms with E-state index in [0.717, 1.165) is 0 Å². The summed E-state index contributed by atoms with van der Waals surface area (Å²) in [5.41, 5.74) is 8.98. The highest BCUT2D eigenvalue weighted by atomic mass is 16.5. The molecule has 80 valence electrons. The van der Waals surface area contributed by atoms with E-state index in [2.05, 4.69) is 10.0 Å². The summed E-state index contributed by atoms with van der Waals surface area (Å²) in [5, 5.41) is 3.38. The van der Waals surface area contributed by atoms with E-state index in [4.69, 9.17) is 10.3 Å². The third-order valence-electron chi connectivity index (χ3n) is 1.52. The van der Waals surface area contributed by atoms with Gasteiger partial charge in [-0.3, -0.25) is 0 Å². The lowest BCUT2D eigenvalue weighted by atomic mass is 10.2. The second-order valence-corrected chi connectivity index (χ2v) is 2.46. The van der Waals surface area contributed by atoms with Gasteiger partial charge >= 0.3 is 5.97 Å². The third-order valence-corrected chi connectivity index (χ3v) is 1.52. The molecule has 0 fully saturated rings. The van der Waals surface area contributed by atoms with E-state index in [9.17, 15) is 4.79 Å². The zero-order valence-electron chi connectivity index (χ0n) is 7.67. The normalized spacial score (nSPS) is 8.33. The first kappa shape index (κ1) is 13.0. The molecule has 0 aliphatic rings. The number of esters is 1. The van der Waals surface area contributed by atoms with E-state index in [0.29, 0.717) is 17.9 Å². The molecule has 5 heteroatoms. The predicted molar refractivity (Wildman–Crippen MR) is 57.9 cm³/mol. The summed E-state index contributed by atoms with van der Waals surface area (Å²) in [6.45, 7) is 2.06. The largest absolute Gasteiger partial charge is 0.462 e. The minimum atomic E-state index is -0.414. The number of rotatable bonds is 3. The molecule has 0 atom stereocenters. The molecule has 15 heavy (non-hydrogen) atoms. The van der Waals surface area contributed by atoms with Crippen LogP contribution in [-0.4, -0.2) is 12.6 Å². The van der Waals surface area contributed by atoms with Gasteiger partial charge in [0, 0.05) is 10.6 Å². The monoisotopic (exact) mass is 207 g/mol. The van der Waals surface area contributed by atoms with E-state index in [1.807, 2.05) is 0 Å². The van der Waals surface area contributed by atoms with Crippen LogP contribution >= 0.6 is 0 Å². The molecular weight excluding hydrogens is 194 g/mol. The Bertz CT molecular complexity index is 384. The van der Waals surface area contributed by atoms with Crippen LogP contribution in [0, 0.1) is 0 Å². The lowest BCUT2D eigenvalue weighted by Gasteiger charge is -2.01. The number of carbonyl (C=O) groups is 1. The Kier molecular flexibility index (Phi) is 5.59. The van der Waals surface area contributed by atoms with Gasteiger partial charge in [0.25, 0.3) is 0 Å². The first-order valence-electron chi connectivity index (χ1n) is 4.10. The number of nitrogens with zero attached hydrogens (tertiary/aromatic N) is 3. The average molecular weight is 207 g/mol. The smallest absolute Gasteiger partial charge is 0.338 e. The van der Waals surface area contributed by atoms with E-state index in [1.54, 1.807) is 25.1 Å². The quantitative estimate of drug-likeness (QED) is 0.329. The van der Waals surface area contributed by atoms with Crippen LogP contribution in [0.25, 0.3) is 10.4 Å². The van der Waals surface area contributed by atoms with Crippen LogP contribution in [0.2, 0.25) is 0 Å². The molecular formula is C10H13N3O2. The van der Waals surface area contributed by atoms with Crippen molar-refractivity contribution in [2.45, 2.75) is 14.4 Å². The molecule has 1 aromatic rings. The van der Waals surface area contributed by atoms with Crippen molar-refractivity contribution in [1.82, 2.24) is 0 Å². The molecule has 0 unspecified atom stereocenters. The van der Waals surface area contributed by atoms with Crippen LogP contribution in [-0.2, 0) is 4.74 Å². The van der Waals surface area contributed by atoms with Gasteiger partial charge in [-0.25, -0.2) is 4.79 Å². The zero-order valence-corrected chi connectivity index (χ0v) is 7.67. The Morgan fingerprint density at radius 1 is 1.60 bits per heavy atom. The zero-order chi connectivity index (χ0) is 10.4. The fourth-order valence-corrected chi connectivity index (χ4v) is 0.961. The second-order valence-electron chi connectivity index (χ2n) is 2.46. The van der Waals surface area contributed by atoms with Gasteiger partial charge in [-0.2, -0.15) is 0 Å². The number of azide groups is 1. The van der Waals surface area contributed by atoms with Crippen molar-refractivity contribution in [2.75, 3.05) is 6.61 Å². The van der Waals surface area contributed by atoms with Crippen molar-refractivity contribution < 1.29 is 9.53 Å². The van der Waals surface area contributed by atoms with Gasteiger partial charge in [-0.1, -0.05) is 24.7 Å². The molecule has 0 saturated heterocycles. The van der Waals surface area contributed by atoms with Crippen molar-refractivity contribution in [3.05, 3.63) is 40.3 Å². The lowest BCUT2D eigenvalue weighted by Crippen LogP contribution is -2.03. The van der Waals surface area contributed by atoms with Gasteiger partial charge < -0.3 is 4.74 Å². The predicted octanol–water partition coefficient (Wildman–Crippen LogP) is 3.44. The molecule has 0 aliphatic heterocycles. The molecule has 1 aromatic carbocycles. The summed E-state index contributed by atoms with van der Waals surface area (Å²) < 4.78 is 4.79. The van der Waals surface area contributed by atoms with Gasteiger partial charge in [0.1, 0.15) is 0 Å². The topological polar surface area (TPSA) is 75.1 Å². The number of ether oxygens (including phenoxy) is 1. The van der Waals surface area contributed by atoms with E-state index >= 15 is 0 Å². The number of benzene rings is 1. The molecule has 0 aromatic heterocycles. The van der Waals surface area contributed by atoms with Gasteiger partial charge in [-0.05, 0) is 24.6 Å². The van der Waals surface area contributed by atoms with Crippen LogP contribution in [0.4, 0.5) is 5.69 Å². The molecule has 0 bridgehead atoms. The van der Waals surface area contributed by atoms with Crippen molar-refractivity contribution in [2.24, 2.45) is 5.11 Å². The maximum atomic E-state index is 11.2. The Morgan fingerprint density at radius 3 is 2.93 bits per heavy atom. The summed E-state index contributed by atoms with van der Waals surface area (Å²) in [6.07, 6.45) is 0. The Morgan fingerprint density at radius 2 is 2.33 bits per heavy atom. The summed E-state index contributed by atoms with van der Waals surface area (Å²) in [7, 11) is 0. The fraction of sp³-hybridized carbons (Fsp3) is 0.300. The highest BCUT2D eigenvalue weighted by Gasteiger charge is 2.05. The Balaban J connectivity index is 0.00000196. The second kappa shape index (κ2) is 6.45. The van der Waals surface area contributed by atoms with Crippen LogP contribution in [0.5, 0.6) is 0 Å². The maximum absolute atomic E-state index is 11.2. The van der Waals surface area contributed by atoms with Crippen molar-refractivity contribution in [1.29, 1.82) is 0 Å². The molecule has 0 spiro atoms. The Labute approximate surface area is 88.3 Å². The van der Waals surface area contributed by atoms with Crippen LogP contribution in [0.15, 0.2) is 29.4 Å². The highest BCUT2D eigenvalue weighted by Crippen LogP contribution is 2.14. The van der Waals surface area contributed by atoms with E-state index in [-0.39, 0.29) is 7.43 Å².